The lowest BCUT2D eigenvalue weighted by molar-refractivity contribution is -0.140. The number of anilines is 1. The second-order valence-electron chi connectivity index (χ2n) is 8.53. The van der Waals surface area contributed by atoms with Crippen LogP contribution in [0.5, 0.6) is 5.75 Å². The zero-order valence-corrected chi connectivity index (χ0v) is 19.4. The molecule has 1 aliphatic carbocycles. The van der Waals surface area contributed by atoms with Gasteiger partial charge in [-0.15, -0.1) is 0 Å². The van der Waals surface area contributed by atoms with Gasteiger partial charge in [0.2, 0.25) is 5.91 Å². The van der Waals surface area contributed by atoms with Crippen LogP contribution in [0.25, 0.3) is 10.9 Å². The highest BCUT2D eigenvalue weighted by Gasteiger charge is 2.34. The van der Waals surface area contributed by atoms with E-state index in [2.05, 4.69) is 15.6 Å². The van der Waals surface area contributed by atoms with Crippen molar-refractivity contribution in [3.63, 3.8) is 0 Å². The normalized spacial score (nSPS) is 18.3. The van der Waals surface area contributed by atoms with Gasteiger partial charge in [0, 0.05) is 34.2 Å². The Morgan fingerprint density at radius 1 is 1.06 bits per heavy atom. The average Bonchev–Trinajstić information content (AvgIpc) is 2.80. The van der Waals surface area contributed by atoms with E-state index < -0.39 is 17.7 Å². The largest absolute Gasteiger partial charge is 0.493 e. The van der Waals surface area contributed by atoms with Gasteiger partial charge in [0.05, 0.1) is 18.5 Å². The van der Waals surface area contributed by atoms with Crippen molar-refractivity contribution in [2.45, 2.75) is 50.4 Å². The molecular weight excluding hydrogens is 486 g/mol. The molecule has 0 spiro atoms. The molecule has 1 aliphatic rings. The number of rotatable bonds is 7. The molecule has 1 heterocycles. The van der Waals surface area contributed by atoms with Gasteiger partial charge in [-0.2, -0.15) is 13.2 Å². The number of nitrogens with one attached hydrogen (secondary N) is 2. The van der Waals surface area contributed by atoms with Crippen molar-refractivity contribution in [1.82, 2.24) is 10.3 Å². The fraction of sp³-hybridized carbons (Fsp3) is 0.360. The van der Waals surface area contributed by atoms with Crippen LogP contribution in [0.15, 0.2) is 48.5 Å². The van der Waals surface area contributed by atoms with E-state index >= 15 is 0 Å². The second kappa shape index (κ2) is 10.7. The Labute approximate surface area is 204 Å². The van der Waals surface area contributed by atoms with Gasteiger partial charge in [0.25, 0.3) is 0 Å². The molecule has 10 heteroatoms. The molecular formula is C25H24ClF4N3O2. The molecule has 5 nitrogen and oxygen atoms in total. The second-order valence-corrected chi connectivity index (χ2v) is 8.97. The van der Waals surface area contributed by atoms with Crippen LogP contribution in [-0.2, 0) is 11.0 Å². The highest BCUT2D eigenvalue weighted by Crippen LogP contribution is 2.35. The summed E-state index contributed by atoms with van der Waals surface area (Å²) in [6.45, 7) is 0.130. The fourth-order valence-electron chi connectivity index (χ4n) is 4.18. The Kier molecular flexibility index (Phi) is 7.64. The van der Waals surface area contributed by atoms with E-state index in [0.29, 0.717) is 47.5 Å². The zero-order chi connectivity index (χ0) is 25.0. The third kappa shape index (κ3) is 6.75. The molecule has 3 aromatic rings. The Bertz CT molecular complexity index is 1200. The van der Waals surface area contributed by atoms with E-state index in [9.17, 15) is 22.4 Å². The monoisotopic (exact) mass is 509 g/mol. The van der Waals surface area contributed by atoms with E-state index in [4.69, 9.17) is 16.3 Å². The van der Waals surface area contributed by atoms with Gasteiger partial charge >= 0.3 is 6.18 Å². The maximum atomic E-state index is 13.3. The van der Waals surface area contributed by atoms with Crippen LogP contribution in [-0.4, -0.2) is 29.6 Å². The lowest BCUT2D eigenvalue weighted by Crippen LogP contribution is -2.40. The Hall–Kier alpha value is -3.07. The molecule has 1 aromatic heterocycles. The minimum absolute atomic E-state index is 0.0240. The minimum atomic E-state index is -4.56. The van der Waals surface area contributed by atoms with Gasteiger partial charge in [-0.25, -0.2) is 9.37 Å². The van der Waals surface area contributed by atoms with Crippen molar-refractivity contribution in [2.75, 3.05) is 11.9 Å². The van der Waals surface area contributed by atoms with Crippen molar-refractivity contribution in [3.05, 3.63) is 65.1 Å². The maximum absolute atomic E-state index is 13.3. The van der Waals surface area contributed by atoms with Gasteiger partial charge in [-0.3, -0.25) is 4.79 Å². The number of ether oxygens (including phenoxy) is 1. The summed E-state index contributed by atoms with van der Waals surface area (Å²) in [6.07, 6.45) is -1.70. The third-order valence-electron chi connectivity index (χ3n) is 5.91. The standard InChI is InChI=1S/C25H24ClF4N3O2/c26-15-4-9-21-20(12-15)22(14-23(33-21)25(28,29)30)31-17-5-7-18(8-6-17)32-24(34)10-11-35-19-3-1-2-16(27)13-19/h1-4,9,12-14,17-18H,5-8,10-11H2,(H,31,33)(H,32,34). The smallest absolute Gasteiger partial charge is 0.433 e. The van der Waals surface area contributed by atoms with Crippen LogP contribution < -0.4 is 15.4 Å². The first kappa shape index (κ1) is 25.0. The molecule has 1 amide bonds. The number of pyridine rings is 1. The fourth-order valence-corrected chi connectivity index (χ4v) is 4.35. The summed E-state index contributed by atoms with van der Waals surface area (Å²) in [5.41, 5.74) is -0.406. The third-order valence-corrected chi connectivity index (χ3v) is 6.14. The molecule has 186 valence electrons. The molecule has 0 saturated heterocycles. The number of hydrogen-bond donors (Lipinski definition) is 2. The van der Waals surface area contributed by atoms with Crippen LogP contribution in [0, 0.1) is 5.82 Å². The van der Waals surface area contributed by atoms with Crippen LogP contribution in [0.2, 0.25) is 5.02 Å². The SMILES string of the molecule is O=C(CCOc1cccc(F)c1)NC1CCC(Nc2cc(C(F)(F)F)nc3ccc(Cl)cc23)CC1. The lowest BCUT2D eigenvalue weighted by Gasteiger charge is -2.30. The van der Waals surface area contributed by atoms with Gasteiger partial charge in [-0.05, 0) is 62.1 Å². The highest BCUT2D eigenvalue weighted by atomic mass is 35.5. The number of nitrogens with zero attached hydrogens (tertiary/aromatic N) is 1. The number of alkyl halides is 3. The van der Waals surface area contributed by atoms with E-state index in [1.165, 1.54) is 30.3 Å². The molecule has 0 bridgehead atoms. The summed E-state index contributed by atoms with van der Waals surface area (Å²) >= 11 is 6.06. The summed E-state index contributed by atoms with van der Waals surface area (Å²) in [5, 5.41) is 7.14. The quantitative estimate of drug-likeness (QED) is 0.364. The van der Waals surface area contributed by atoms with Crippen molar-refractivity contribution >= 4 is 34.1 Å². The van der Waals surface area contributed by atoms with E-state index in [1.807, 2.05) is 0 Å². The van der Waals surface area contributed by atoms with Crippen molar-refractivity contribution in [3.8, 4) is 5.75 Å². The summed E-state index contributed by atoms with van der Waals surface area (Å²) < 4.78 is 58.6. The number of fused-ring (bicyclic) bond motifs is 1. The number of benzene rings is 2. The number of hydrogen-bond acceptors (Lipinski definition) is 4. The first-order valence-electron chi connectivity index (χ1n) is 11.3. The first-order valence-corrected chi connectivity index (χ1v) is 11.7. The maximum Gasteiger partial charge on any atom is 0.433 e. The van der Waals surface area contributed by atoms with Gasteiger partial charge in [-0.1, -0.05) is 17.7 Å². The van der Waals surface area contributed by atoms with Crippen LogP contribution >= 0.6 is 11.6 Å². The number of halogens is 5. The Morgan fingerprint density at radius 2 is 1.80 bits per heavy atom. The molecule has 2 aromatic carbocycles. The predicted molar refractivity (Wildman–Crippen MR) is 126 cm³/mol. The summed E-state index contributed by atoms with van der Waals surface area (Å²) in [7, 11) is 0. The Morgan fingerprint density at radius 3 is 2.51 bits per heavy atom. The summed E-state index contributed by atoms with van der Waals surface area (Å²) in [6, 6.07) is 11.2. The first-order chi connectivity index (χ1) is 16.7. The van der Waals surface area contributed by atoms with Crippen LogP contribution in [0.4, 0.5) is 23.2 Å². The van der Waals surface area contributed by atoms with Crippen LogP contribution in [0.1, 0.15) is 37.8 Å². The lowest BCUT2D eigenvalue weighted by atomic mass is 9.90. The van der Waals surface area contributed by atoms with Gasteiger partial charge in [0.1, 0.15) is 17.3 Å². The van der Waals surface area contributed by atoms with E-state index in [1.54, 1.807) is 12.1 Å². The molecule has 0 unspecified atom stereocenters. The number of carbonyl (C=O) groups excluding carboxylic acids is 1. The molecule has 0 atom stereocenters. The topological polar surface area (TPSA) is 63.2 Å². The van der Waals surface area contributed by atoms with Gasteiger partial charge < -0.3 is 15.4 Å². The predicted octanol–water partition coefficient (Wildman–Crippen LogP) is 6.35. The molecule has 2 N–H and O–H groups in total. The molecule has 4 rings (SSSR count). The van der Waals surface area contributed by atoms with Crippen molar-refractivity contribution < 1.29 is 27.1 Å². The zero-order valence-electron chi connectivity index (χ0n) is 18.7. The molecule has 0 aliphatic heterocycles. The van der Waals surface area contributed by atoms with Crippen molar-refractivity contribution in [1.29, 1.82) is 0 Å². The Balaban J connectivity index is 1.30. The average molecular weight is 510 g/mol. The van der Waals surface area contributed by atoms with Crippen LogP contribution in [0.3, 0.4) is 0 Å². The molecule has 1 fully saturated rings. The highest BCUT2D eigenvalue weighted by molar-refractivity contribution is 6.31. The number of carbonyl (C=O) groups is 1. The van der Waals surface area contributed by atoms with E-state index in [0.717, 1.165) is 6.07 Å². The summed E-state index contributed by atoms with van der Waals surface area (Å²) in [5.74, 6) is -0.208. The molecule has 0 radical (unpaired) electrons. The van der Waals surface area contributed by atoms with Gasteiger partial charge in [0.15, 0.2) is 0 Å². The molecule has 35 heavy (non-hydrogen) atoms. The van der Waals surface area contributed by atoms with Crippen molar-refractivity contribution in [2.24, 2.45) is 0 Å². The minimum Gasteiger partial charge on any atom is -0.493 e. The number of amides is 1. The molecule has 1 saturated carbocycles. The number of aromatic nitrogens is 1. The van der Waals surface area contributed by atoms with E-state index in [-0.39, 0.29) is 36.5 Å². The summed E-state index contributed by atoms with van der Waals surface area (Å²) in [4.78, 5) is 16.0.